The molecule has 0 radical (unpaired) electrons. The van der Waals surface area contributed by atoms with Crippen molar-refractivity contribution in [3.05, 3.63) is 66.4 Å². The zero-order chi connectivity index (χ0) is 18.2. The summed E-state index contributed by atoms with van der Waals surface area (Å²) in [7, 11) is 0. The molecule has 0 saturated heterocycles. The third-order valence-corrected chi connectivity index (χ3v) is 3.25. The molecule has 1 heterocycles. The summed E-state index contributed by atoms with van der Waals surface area (Å²) in [4.78, 5) is 14.8. The number of ether oxygens (including phenoxy) is 1. The number of nitrogens with zero attached hydrogens (tertiary/aromatic N) is 4. The number of aromatic nitrogens is 3. The van der Waals surface area contributed by atoms with Crippen molar-refractivity contribution in [3.63, 3.8) is 0 Å². The highest BCUT2D eigenvalue weighted by molar-refractivity contribution is 5.80. The molecule has 26 heavy (non-hydrogen) atoms. The van der Waals surface area contributed by atoms with Crippen LogP contribution in [0.25, 0.3) is 11.3 Å². The monoisotopic (exact) mass is 349 g/mol. The molecule has 8 nitrogen and oxygen atoms in total. The molecule has 3 rings (SSSR count). The summed E-state index contributed by atoms with van der Waals surface area (Å²) >= 11 is 0. The number of carboxylic acid groups (broad SMARTS) is 1. The Morgan fingerprint density at radius 1 is 1.15 bits per heavy atom. The second kappa shape index (κ2) is 8.34. The number of hydrazone groups is 1. The molecule has 0 spiro atoms. The normalized spacial score (nSPS) is 10.6. The quantitative estimate of drug-likeness (QED) is 0.498. The molecule has 0 fully saturated rings. The highest BCUT2D eigenvalue weighted by Crippen LogP contribution is 2.15. The Labute approximate surface area is 149 Å². The maximum Gasteiger partial charge on any atom is 0.341 e. The lowest BCUT2D eigenvalue weighted by Gasteiger charge is -2.03. The summed E-state index contributed by atoms with van der Waals surface area (Å²) in [6.07, 6.45) is 3.17. The van der Waals surface area contributed by atoms with Crippen molar-refractivity contribution in [1.82, 2.24) is 15.2 Å². The molecule has 2 N–H and O–H groups in total. The number of rotatable bonds is 7. The van der Waals surface area contributed by atoms with Gasteiger partial charge in [-0.2, -0.15) is 10.2 Å². The first-order valence-corrected chi connectivity index (χ1v) is 7.69. The van der Waals surface area contributed by atoms with Gasteiger partial charge in [0.25, 0.3) is 5.95 Å². The van der Waals surface area contributed by atoms with Gasteiger partial charge in [-0.3, -0.25) is 0 Å². The molecule has 0 aliphatic rings. The third-order valence-electron chi connectivity index (χ3n) is 3.25. The summed E-state index contributed by atoms with van der Waals surface area (Å²) in [6, 6.07) is 16.5. The van der Waals surface area contributed by atoms with Crippen molar-refractivity contribution in [2.75, 3.05) is 12.0 Å². The summed E-state index contributed by atoms with van der Waals surface area (Å²) < 4.78 is 5.06. The Morgan fingerprint density at radius 3 is 2.65 bits per heavy atom. The fourth-order valence-corrected chi connectivity index (χ4v) is 2.06. The molecule has 0 unspecified atom stereocenters. The van der Waals surface area contributed by atoms with Crippen LogP contribution < -0.4 is 10.2 Å². The largest absolute Gasteiger partial charge is 0.482 e. The van der Waals surface area contributed by atoms with Gasteiger partial charge in [0, 0.05) is 5.56 Å². The number of benzene rings is 2. The van der Waals surface area contributed by atoms with Crippen LogP contribution in [0.2, 0.25) is 0 Å². The summed E-state index contributed by atoms with van der Waals surface area (Å²) in [5.41, 5.74) is 5.16. The molecule has 0 atom stereocenters. The summed E-state index contributed by atoms with van der Waals surface area (Å²) in [6.45, 7) is -0.378. The number of aliphatic carboxylic acids is 1. The molecule has 0 bridgehead atoms. The van der Waals surface area contributed by atoms with Crippen molar-refractivity contribution in [3.8, 4) is 17.0 Å². The molecular formula is C18H15N5O3. The van der Waals surface area contributed by atoms with Crippen LogP contribution in [0.3, 0.4) is 0 Å². The lowest BCUT2D eigenvalue weighted by molar-refractivity contribution is -0.139. The second-order valence-corrected chi connectivity index (χ2v) is 5.15. The zero-order valence-corrected chi connectivity index (χ0v) is 13.6. The molecule has 3 aromatic rings. The smallest absolute Gasteiger partial charge is 0.341 e. The van der Waals surface area contributed by atoms with E-state index in [0.29, 0.717) is 11.4 Å². The predicted octanol–water partition coefficient (Wildman–Crippen LogP) is 2.45. The Hall–Kier alpha value is -3.81. The van der Waals surface area contributed by atoms with Crippen LogP contribution in [0, 0.1) is 0 Å². The van der Waals surface area contributed by atoms with Gasteiger partial charge in [-0.05, 0) is 29.8 Å². The van der Waals surface area contributed by atoms with Crippen LogP contribution in [-0.4, -0.2) is 39.1 Å². The molecule has 0 saturated carbocycles. The number of hydrogen-bond acceptors (Lipinski definition) is 7. The molecule has 0 amide bonds. The highest BCUT2D eigenvalue weighted by atomic mass is 16.5. The Kier molecular flexibility index (Phi) is 5.46. The lowest BCUT2D eigenvalue weighted by Crippen LogP contribution is -2.09. The van der Waals surface area contributed by atoms with Gasteiger partial charge in [0.05, 0.1) is 18.1 Å². The summed E-state index contributed by atoms with van der Waals surface area (Å²) in [5, 5.41) is 20.5. The number of hydrogen-bond donors (Lipinski definition) is 2. The van der Waals surface area contributed by atoms with Gasteiger partial charge in [-0.15, -0.1) is 5.10 Å². The zero-order valence-electron chi connectivity index (χ0n) is 13.6. The molecule has 0 aliphatic heterocycles. The average Bonchev–Trinajstić information content (AvgIpc) is 2.68. The fourth-order valence-electron chi connectivity index (χ4n) is 2.06. The standard InChI is InChI=1S/C18H15N5O3/c24-17(25)12-26-15-8-6-13(7-9-15)10-19-22-18-21-16(11-20-23-18)14-4-2-1-3-5-14/h1-11H,12H2,(H,24,25)(H,21,22,23)/b19-10-. The minimum absolute atomic E-state index is 0.281. The predicted molar refractivity (Wildman–Crippen MR) is 96.1 cm³/mol. The lowest BCUT2D eigenvalue weighted by atomic mass is 10.2. The maximum atomic E-state index is 10.5. The van der Waals surface area contributed by atoms with Crippen LogP contribution in [0.1, 0.15) is 5.56 Å². The van der Waals surface area contributed by atoms with E-state index in [1.165, 1.54) is 0 Å². The van der Waals surface area contributed by atoms with Crippen LogP contribution in [0.5, 0.6) is 5.75 Å². The SMILES string of the molecule is O=C(O)COc1ccc(/C=N\Nc2nncc(-c3ccccc3)n2)cc1. The number of anilines is 1. The molecule has 8 heteroatoms. The van der Waals surface area contributed by atoms with Gasteiger partial charge in [-0.1, -0.05) is 30.3 Å². The second-order valence-electron chi connectivity index (χ2n) is 5.15. The first kappa shape index (κ1) is 17.0. The van der Waals surface area contributed by atoms with Crippen molar-refractivity contribution in [2.45, 2.75) is 0 Å². The van der Waals surface area contributed by atoms with Crippen molar-refractivity contribution in [2.24, 2.45) is 5.10 Å². The molecule has 2 aromatic carbocycles. The van der Waals surface area contributed by atoms with E-state index in [1.807, 2.05) is 30.3 Å². The Morgan fingerprint density at radius 2 is 1.92 bits per heavy atom. The molecule has 130 valence electrons. The van der Waals surface area contributed by atoms with E-state index >= 15 is 0 Å². The first-order valence-electron chi connectivity index (χ1n) is 7.69. The summed E-state index contributed by atoms with van der Waals surface area (Å²) in [5.74, 6) is -0.268. The number of carbonyl (C=O) groups is 1. The Balaban J connectivity index is 1.61. The van der Waals surface area contributed by atoms with Gasteiger partial charge in [0.1, 0.15) is 5.75 Å². The van der Waals surface area contributed by atoms with Gasteiger partial charge in [0.2, 0.25) is 0 Å². The van der Waals surface area contributed by atoms with E-state index < -0.39 is 5.97 Å². The average molecular weight is 349 g/mol. The van der Waals surface area contributed by atoms with E-state index in [4.69, 9.17) is 9.84 Å². The molecular weight excluding hydrogens is 334 g/mol. The van der Waals surface area contributed by atoms with E-state index in [-0.39, 0.29) is 12.6 Å². The topological polar surface area (TPSA) is 110 Å². The van der Waals surface area contributed by atoms with E-state index in [0.717, 1.165) is 11.1 Å². The first-order chi connectivity index (χ1) is 12.7. The van der Waals surface area contributed by atoms with Crippen molar-refractivity contribution < 1.29 is 14.6 Å². The minimum Gasteiger partial charge on any atom is -0.482 e. The Bertz CT molecular complexity index is 898. The van der Waals surface area contributed by atoms with Crippen LogP contribution >= 0.6 is 0 Å². The molecule has 0 aliphatic carbocycles. The number of carboxylic acids is 1. The van der Waals surface area contributed by atoms with E-state index in [9.17, 15) is 4.79 Å². The van der Waals surface area contributed by atoms with Gasteiger partial charge in [0.15, 0.2) is 6.61 Å². The number of nitrogens with one attached hydrogen (secondary N) is 1. The van der Waals surface area contributed by atoms with Crippen LogP contribution in [-0.2, 0) is 4.79 Å². The third kappa shape index (κ3) is 4.84. The van der Waals surface area contributed by atoms with Gasteiger partial charge in [-0.25, -0.2) is 15.2 Å². The highest BCUT2D eigenvalue weighted by Gasteiger charge is 2.02. The maximum absolute atomic E-state index is 10.5. The van der Waals surface area contributed by atoms with Gasteiger partial charge >= 0.3 is 5.97 Å². The van der Waals surface area contributed by atoms with Gasteiger partial charge < -0.3 is 9.84 Å². The van der Waals surface area contributed by atoms with E-state index in [2.05, 4.69) is 25.7 Å². The fraction of sp³-hybridized carbons (Fsp3) is 0.0556. The van der Waals surface area contributed by atoms with Crippen LogP contribution in [0.4, 0.5) is 5.95 Å². The minimum atomic E-state index is -1.02. The molecule has 1 aromatic heterocycles. The van der Waals surface area contributed by atoms with E-state index in [1.54, 1.807) is 36.7 Å². The van der Waals surface area contributed by atoms with Crippen LogP contribution in [0.15, 0.2) is 65.9 Å². The van der Waals surface area contributed by atoms with Crippen molar-refractivity contribution >= 4 is 18.1 Å². The van der Waals surface area contributed by atoms with Crippen molar-refractivity contribution in [1.29, 1.82) is 0 Å².